The highest BCUT2D eigenvalue weighted by Crippen LogP contribution is 2.20. The molecule has 0 radical (unpaired) electrons. The summed E-state index contributed by atoms with van der Waals surface area (Å²) in [4.78, 5) is 20.6. The number of ether oxygens (including phenoxy) is 1. The standard InChI is InChI=1S/C18H19F2N3O2/c1-13(25-16-6-5-14(19)12-15(16)20)18(24)23-10-8-22(9-11-23)17-4-2-3-7-21-17/h2-7,12-13H,8-11H2,1H3/t13-/m0/s1. The minimum Gasteiger partial charge on any atom is -0.478 e. The van der Waals surface area contributed by atoms with Crippen molar-refractivity contribution in [2.75, 3.05) is 31.1 Å². The van der Waals surface area contributed by atoms with Crippen molar-refractivity contribution < 1.29 is 18.3 Å². The number of piperazine rings is 1. The van der Waals surface area contributed by atoms with E-state index in [2.05, 4.69) is 9.88 Å². The van der Waals surface area contributed by atoms with Crippen molar-refractivity contribution in [3.05, 3.63) is 54.2 Å². The molecule has 0 bridgehead atoms. The zero-order valence-electron chi connectivity index (χ0n) is 13.9. The van der Waals surface area contributed by atoms with E-state index in [9.17, 15) is 13.6 Å². The second kappa shape index (κ2) is 7.46. The Morgan fingerprint density at radius 1 is 1.16 bits per heavy atom. The van der Waals surface area contributed by atoms with Gasteiger partial charge in [0.1, 0.15) is 11.6 Å². The van der Waals surface area contributed by atoms with Gasteiger partial charge in [-0.25, -0.2) is 13.8 Å². The molecule has 132 valence electrons. The molecule has 1 saturated heterocycles. The highest BCUT2D eigenvalue weighted by Gasteiger charge is 2.27. The first-order valence-corrected chi connectivity index (χ1v) is 8.11. The van der Waals surface area contributed by atoms with Crippen LogP contribution in [0, 0.1) is 11.6 Å². The average molecular weight is 347 g/mol. The van der Waals surface area contributed by atoms with Gasteiger partial charge in [-0.15, -0.1) is 0 Å². The number of pyridine rings is 1. The zero-order valence-corrected chi connectivity index (χ0v) is 13.9. The second-order valence-electron chi connectivity index (χ2n) is 5.84. The van der Waals surface area contributed by atoms with Gasteiger partial charge in [-0.2, -0.15) is 0 Å². The molecule has 1 aromatic heterocycles. The number of amides is 1. The highest BCUT2D eigenvalue weighted by molar-refractivity contribution is 5.81. The lowest BCUT2D eigenvalue weighted by atomic mass is 10.2. The molecule has 0 unspecified atom stereocenters. The van der Waals surface area contributed by atoms with Crippen LogP contribution in [0.5, 0.6) is 5.75 Å². The number of hydrogen-bond donors (Lipinski definition) is 0. The summed E-state index contributed by atoms with van der Waals surface area (Å²) in [6.07, 6.45) is 0.890. The van der Waals surface area contributed by atoms with Gasteiger partial charge in [-0.05, 0) is 31.2 Å². The Labute approximate surface area is 144 Å². The highest BCUT2D eigenvalue weighted by atomic mass is 19.1. The van der Waals surface area contributed by atoms with Crippen molar-refractivity contribution in [1.29, 1.82) is 0 Å². The molecule has 1 amide bonds. The summed E-state index contributed by atoms with van der Waals surface area (Å²) in [5, 5.41) is 0. The van der Waals surface area contributed by atoms with E-state index < -0.39 is 17.7 Å². The maximum absolute atomic E-state index is 13.7. The number of carbonyl (C=O) groups is 1. The van der Waals surface area contributed by atoms with Crippen LogP contribution in [0.25, 0.3) is 0 Å². The van der Waals surface area contributed by atoms with E-state index >= 15 is 0 Å². The van der Waals surface area contributed by atoms with Gasteiger partial charge in [-0.1, -0.05) is 6.07 Å². The van der Waals surface area contributed by atoms with E-state index in [4.69, 9.17) is 4.74 Å². The van der Waals surface area contributed by atoms with Crippen LogP contribution in [-0.2, 0) is 4.79 Å². The molecule has 1 aromatic carbocycles. The normalized spacial score (nSPS) is 15.8. The SMILES string of the molecule is C[C@H](Oc1ccc(F)cc1F)C(=O)N1CCN(c2ccccn2)CC1. The Hall–Kier alpha value is -2.70. The van der Waals surface area contributed by atoms with Gasteiger partial charge < -0.3 is 14.5 Å². The summed E-state index contributed by atoms with van der Waals surface area (Å²) in [6, 6.07) is 8.73. The monoisotopic (exact) mass is 347 g/mol. The van der Waals surface area contributed by atoms with Gasteiger partial charge >= 0.3 is 0 Å². The van der Waals surface area contributed by atoms with Crippen molar-refractivity contribution in [1.82, 2.24) is 9.88 Å². The lowest BCUT2D eigenvalue weighted by Gasteiger charge is -2.36. The number of anilines is 1. The van der Waals surface area contributed by atoms with Gasteiger partial charge in [0.05, 0.1) is 0 Å². The summed E-state index contributed by atoms with van der Waals surface area (Å²) in [5.74, 6) is -0.972. The predicted molar refractivity (Wildman–Crippen MR) is 89.5 cm³/mol. The lowest BCUT2D eigenvalue weighted by Crippen LogP contribution is -2.52. The summed E-state index contributed by atoms with van der Waals surface area (Å²) >= 11 is 0. The molecular weight excluding hydrogens is 328 g/mol. The molecule has 5 nitrogen and oxygen atoms in total. The minimum absolute atomic E-state index is 0.130. The maximum atomic E-state index is 13.7. The third kappa shape index (κ3) is 4.04. The minimum atomic E-state index is -0.846. The van der Waals surface area contributed by atoms with Crippen LogP contribution >= 0.6 is 0 Å². The van der Waals surface area contributed by atoms with Crippen LogP contribution in [0.3, 0.4) is 0 Å². The van der Waals surface area contributed by atoms with E-state index in [0.29, 0.717) is 26.2 Å². The predicted octanol–water partition coefficient (Wildman–Crippen LogP) is 2.48. The van der Waals surface area contributed by atoms with Gasteiger partial charge in [-0.3, -0.25) is 4.79 Å². The molecule has 0 N–H and O–H groups in total. The van der Waals surface area contributed by atoms with Crippen molar-refractivity contribution in [3.8, 4) is 5.75 Å². The summed E-state index contributed by atoms with van der Waals surface area (Å²) in [5.41, 5.74) is 0. The van der Waals surface area contributed by atoms with Crippen LogP contribution in [0.2, 0.25) is 0 Å². The van der Waals surface area contributed by atoms with E-state index in [1.54, 1.807) is 18.0 Å². The third-order valence-electron chi connectivity index (χ3n) is 4.11. The van der Waals surface area contributed by atoms with Crippen molar-refractivity contribution in [2.45, 2.75) is 13.0 Å². The first-order valence-electron chi connectivity index (χ1n) is 8.11. The van der Waals surface area contributed by atoms with Gasteiger partial charge in [0.2, 0.25) is 0 Å². The average Bonchev–Trinajstić information content (AvgIpc) is 2.64. The number of rotatable bonds is 4. The Bertz CT molecular complexity index is 734. The summed E-state index contributed by atoms with van der Waals surface area (Å²) in [7, 11) is 0. The number of aromatic nitrogens is 1. The number of halogens is 2. The Morgan fingerprint density at radius 2 is 1.92 bits per heavy atom. The first kappa shape index (κ1) is 17.1. The van der Waals surface area contributed by atoms with Crippen LogP contribution in [0.4, 0.5) is 14.6 Å². The van der Waals surface area contributed by atoms with Gasteiger partial charge in [0, 0.05) is 38.4 Å². The van der Waals surface area contributed by atoms with Crippen molar-refractivity contribution in [3.63, 3.8) is 0 Å². The molecule has 1 fully saturated rings. The molecule has 7 heteroatoms. The molecule has 0 saturated carbocycles. The number of benzene rings is 1. The van der Waals surface area contributed by atoms with Crippen molar-refractivity contribution >= 4 is 11.7 Å². The Balaban J connectivity index is 1.56. The zero-order chi connectivity index (χ0) is 17.8. The van der Waals surface area contributed by atoms with Gasteiger partial charge in [0.25, 0.3) is 5.91 Å². The summed E-state index contributed by atoms with van der Waals surface area (Å²) in [6.45, 7) is 3.97. The number of nitrogens with zero attached hydrogens (tertiary/aromatic N) is 3. The topological polar surface area (TPSA) is 45.7 Å². The fraction of sp³-hybridized carbons (Fsp3) is 0.333. The molecule has 3 rings (SSSR count). The third-order valence-corrected chi connectivity index (χ3v) is 4.11. The van der Waals surface area contributed by atoms with Crippen LogP contribution < -0.4 is 9.64 Å². The largest absolute Gasteiger partial charge is 0.478 e. The van der Waals surface area contributed by atoms with E-state index in [1.165, 1.54) is 6.07 Å². The Morgan fingerprint density at radius 3 is 2.56 bits per heavy atom. The first-order chi connectivity index (χ1) is 12.0. The molecule has 0 spiro atoms. The summed E-state index contributed by atoms with van der Waals surface area (Å²) < 4.78 is 32.0. The molecule has 0 aliphatic carbocycles. The molecule has 2 heterocycles. The molecule has 1 aliphatic rings. The molecule has 1 atom stereocenters. The van der Waals surface area contributed by atoms with Gasteiger partial charge in [0.15, 0.2) is 17.7 Å². The van der Waals surface area contributed by atoms with Crippen molar-refractivity contribution in [2.24, 2.45) is 0 Å². The second-order valence-corrected chi connectivity index (χ2v) is 5.84. The fourth-order valence-electron chi connectivity index (χ4n) is 2.77. The fourth-order valence-corrected chi connectivity index (χ4v) is 2.77. The molecule has 1 aliphatic heterocycles. The van der Waals surface area contributed by atoms with Crippen LogP contribution in [0.1, 0.15) is 6.92 Å². The number of carbonyl (C=O) groups excluding carboxylic acids is 1. The Kier molecular flexibility index (Phi) is 5.11. The maximum Gasteiger partial charge on any atom is 0.263 e. The smallest absolute Gasteiger partial charge is 0.263 e. The molecule has 2 aromatic rings. The van der Waals surface area contributed by atoms with E-state index in [0.717, 1.165) is 18.0 Å². The lowest BCUT2D eigenvalue weighted by molar-refractivity contribution is -0.138. The van der Waals surface area contributed by atoms with Crippen LogP contribution in [-0.4, -0.2) is 48.1 Å². The van der Waals surface area contributed by atoms with E-state index in [1.807, 2.05) is 18.2 Å². The molecule has 25 heavy (non-hydrogen) atoms. The molecular formula is C18H19F2N3O2. The van der Waals surface area contributed by atoms with E-state index in [-0.39, 0.29) is 11.7 Å². The quantitative estimate of drug-likeness (QED) is 0.852. The number of hydrogen-bond acceptors (Lipinski definition) is 4. The van der Waals surface area contributed by atoms with Crippen LogP contribution in [0.15, 0.2) is 42.6 Å².